The van der Waals surface area contributed by atoms with E-state index < -0.39 is 0 Å². The third-order valence-corrected chi connectivity index (χ3v) is 3.84. The molecular weight excluding hydrogens is 293 g/mol. The quantitative estimate of drug-likeness (QED) is 0.569. The number of aromatic nitrogens is 5. The predicted molar refractivity (Wildman–Crippen MR) is 74.3 cm³/mol. The fourth-order valence-electron chi connectivity index (χ4n) is 2.00. The highest BCUT2D eigenvalue weighted by atomic mass is 32.1. The summed E-state index contributed by atoms with van der Waals surface area (Å²) in [5.41, 5.74) is 1.27. The lowest BCUT2D eigenvalue weighted by Gasteiger charge is -1.96. The van der Waals surface area contributed by atoms with E-state index >= 15 is 0 Å². The van der Waals surface area contributed by atoms with Crippen molar-refractivity contribution in [3.05, 3.63) is 41.9 Å². The van der Waals surface area contributed by atoms with E-state index in [0.717, 1.165) is 0 Å². The molecular formula is C13H8FN5OS. The second kappa shape index (κ2) is 4.45. The van der Waals surface area contributed by atoms with Crippen molar-refractivity contribution in [1.29, 1.82) is 0 Å². The summed E-state index contributed by atoms with van der Waals surface area (Å²) in [6.45, 7) is 1.81. The molecule has 0 spiro atoms. The molecule has 8 heteroatoms. The molecule has 6 nitrogen and oxygen atoms in total. The maximum atomic E-state index is 13.3. The van der Waals surface area contributed by atoms with Gasteiger partial charge in [-0.3, -0.25) is 0 Å². The van der Waals surface area contributed by atoms with E-state index in [1.54, 1.807) is 22.7 Å². The number of hydrogen-bond acceptors (Lipinski definition) is 6. The van der Waals surface area contributed by atoms with Crippen LogP contribution in [0.25, 0.3) is 27.1 Å². The number of aryl methyl sites for hydroxylation is 1. The second-order valence-corrected chi connectivity index (χ2v) is 5.41. The van der Waals surface area contributed by atoms with Crippen LogP contribution in [0.1, 0.15) is 5.76 Å². The first-order valence-electron chi connectivity index (χ1n) is 6.12. The molecule has 4 rings (SSSR count). The molecule has 104 valence electrons. The summed E-state index contributed by atoms with van der Waals surface area (Å²) in [5, 5.41) is 17.2. The van der Waals surface area contributed by atoms with Crippen LogP contribution in [0, 0.1) is 12.7 Å². The van der Waals surface area contributed by atoms with Crippen molar-refractivity contribution in [3.63, 3.8) is 0 Å². The van der Waals surface area contributed by atoms with Crippen molar-refractivity contribution in [3.8, 4) is 22.1 Å². The molecule has 0 atom stereocenters. The summed E-state index contributed by atoms with van der Waals surface area (Å²) in [7, 11) is 0. The molecule has 1 aromatic carbocycles. The Morgan fingerprint density at radius 1 is 1.24 bits per heavy atom. The topological polar surface area (TPSA) is 69.1 Å². The van der Waals surface area contributed by atoms with Gasteiger partial charge in [0.25, 0.3) is 0 Å². The third-order valence-electron chi connectivity index (χ3n) is 2.92. The maximum absolute atomic E-state index is 13.3. The van der Waals surface area contributed by atoms with Gasteiger partial charge in [0, 0.05) is 11.6 Å². The second-order valence-electron chi connectivity index (χ2n) is 4.46. The van der Waals surface area contributed by atoms with Gasteiger partial charge in [-0.15, -0.1) is 10.2 Å². The van der Waals surface area contributed by atoms with Gasteiger partial charge in [0.15, 0.2) is 10.8 Å². The summed E-state index contributed by atoms with van der Waals surface area (Å²) in [6, 6.07) is 7.97. The Hall–Kier alpha value is -2.61. The largest absolute Gasteiger partial charge is 0.361 e. The van der Waals surface area contributed by atoms with E-state index in [2.05, 4.69) is 20.5 Å². The first-order valence-corrected chi connectivity index (χ1v) is 6.94. The van der Waals surface area contributed by atoms with Crippen LogP contribution in [0.4, 0.5) is 4.39 Å². The van der Waals surface area contributed by atoms with E-state index in [0.29, 0.717) is 32.8 Å². The van der Waals surface area contributed by atoms with Crippen LogP contribution >= 0.6 is 11.3 Å². The molecule has 3 aromatic heterocycles. The summed E-state index contributed by atoms with van der Waals surface area (Å²) in [5.74, 6) is 0.875. The van der Waals surface area contributed by atoms with E-state index in [9.17, 15) is 4.39 Å². The lowest BCUT2D eigenvalue weighted by atomic mass is 10.2. The summed E-state index contributed by atoms with van der Waals surface area (Å²) < 4.78 is 20.0. The molecule has 0 bridgehead atoms. The molecule has 4 aromatic rings. The molecule has 0 radical (unpaired) electrons. The van der Waals surface area contributed by atoms with E-state index in [4.69, 9.17) is 4.52 Å². The minimum atomic E-state index is -0.327. The zero-order valence-corrected chi connectivity index (χ0v) is 11.6. The van der Waals surface area contributed by atoms with Crippen LogP contribution in [0.15, 0.2) is 34.9 Å². The van der Waals surface area contributed by atoms with Gasteiger partial charge in [-0.1, -0.05) is 28.6 Å². The highest BCUT2D eigenvalue weighted by molar-refractivity contribution is 7.19. The Balaban J connectivity index is 1.86. The number of rotatable bonds is 2. The van der Waals surface area contributed by atoms with Gasteiger partial charge in [0.05, 0.1) is 0 Å². The lowest BCUT2D eigenvalue weighted by molar-refractivity contribution is 0.399. The third kappa shape index (κ3) is 2.00. The molecule has 3 heterocycles. The predicted octanol–water partition coefficient (Wildman–Crippen LogP) is 2.96. The van der Waals surface area contributed by atoms with Crippen LogP contribution < -0.4 is 0 Å². The summed E-state index contributed by atoms with van der Waals surface area (Å²) in [6.07, 6.45) is 0. The average molecular weight is 301 g/mol. The molecule has 0 saturated carbocycles. The minimum Gasteiger partial charge on any atom is -0.361 e. The van der Waals surface area contributed by atoms with Crippen LogP contribution in [0.2, 0.25) is 0 Å². The van der Waals surface area contributed by atoms with Gasteiger partial charge in [-0.25, -0.2) is 4.39 Å². The van der Waals surface area contributed by atoms with Gasteiger partial charge < -0.3 is 4.52 Å². The summed E-state index contributed by atoms with van der Waals surface area (Å²) in [4.78, 5) is 0.616. The number of fused-ring (bicyclic) bond motifs is 1. The molecule has 0 fully saturated rings. The Bertz CT molecular complexity index is 941. The zero-order valence-electron chi connectivity index (χ0n) is 10.8. The van der Waals surface area contributed by atoms with Crippen LogP contribution in [-0.2, 0) is 0 Å². The van der Waals surface area contributed by atoms with Crippen molar-refractivity contribution in [2.75, 3.05) is 0 Å². The first-order chi connectivity index (χ1) is 10.2. The van der Waals surface area contributed by atoms with Gasteiger partial charge in [-0.05, 0) is 19.1 Å². The molecule has 0 aliphatic carbocycles. The normalized spacial score (nSPS) is 11.3. The molecule has 0 amide bonds. The van der Waals surface area contributed by atoms with Gasteiger partial charge in [0.2, 0.25) is 4.96 Å². The molecule has 0 aliphatic rings. The SMILES string of the molecule is Cc1cc(-c2nn3c(-c4cccc(F)c4)nnc3s2)no1. The monoisotopic (exact) mass is 301 g/mol. The van der Waals surface area contributed by atoms with Crippen molar-refractivity contribution in [2.45, 2.75) is 6.92 Å². The fourth-order valence-corrected chi connectivity index (χ4v) is 2.79. The first kappa shape index (κ1) is 12.2. The number of nitrogens with zero attached hydrogens (tertiary/aromatic N) is 5. The smallest absolute Gasteiger partial charge is 0.235 e. The standard InChI is InChI=1S/C13H8FN5OS/c1-7-5-10(18-20-7)12-17-19-11(15-16-13(19)21-12)8-3-2-4-9(14)6-8/h2-6H,1H3. The van der Waals surface area contributed by atoms with Crippen LogP contribution in [0.3, 0.4) is 0 Å². The molecule has 21 heavy (non-hydrogen) atoms. The molecule has 0 saturated heterocycles. The van der Waals surface area contributed by atoms with Crippen LogP contribution in [0.5, 0.6) is 0 Å². The lowest BCUT2D eigenvalue weighted by Crippen LogP contribution is -1.91. The maximum Gasteiger partial charge on any atom is 0.235 e. The van der Waals surface area contributed by atoms with Crippen molar-refractivity contribution in [1.82, 2.24) is 25.0 Å². The minimum absolute atomic E-state index is 0.327. The Labute approximate surface area is 121 Å². The molecule has 0 N–H and O–H groups in total. The van der Waals surface area contributed by atoms with Crippen molar-refractivity contribution in [2.24, 2.45) is 0 Å². The van der Waals surface area contributed by atoms with Crippen LogP contribution in [-0.4, -0.2) is 25.0 Å². The van der Waals surface area contributed by atoms with Gasteiger partial charge in [-0.2, -0.15) is 9.61 Å². The molecule has 0 unspecified atom stereocenters. The summed E-state index contributed by atoms with van der Waals surface area (Å²) >= 11 is 1.35. The van der Waals surface area contributed by atoms with Gasteiger partial charge >= 0.3 is 0 Å². The number of halogens is 1. The van der Waals surface area contributed by atoms with E-state index in [1.165, 1.54) is 23.5 Å². The highest BCUT2D eigenvalue weighted by Crippen LogP contribution is 2.27. The fraction of sp³-hybridized carbons (Fsp3) is 0.0769. The number of benzene rings is 1. The number of hydrogen-bond donors (Lipinski definition) is 0. The Morgan fingerprint density at radius 2 is 2.14 bits per heavy atom. The zero-order chi connectivity index (χ0) is 14.4. The Morgan fingerprint density at radius 3 is 2.90 bits per heavy atom. The van der Waals surface area contributed by atoms with Crippen molar-refractivity contribution < 1.29 is 8.91 Å². The van der Waals surface area contributed by atoms with E-state index in [1.807, 2.05) is 6.92 Å². The highest BCUT2D eigenvalue weighted by Gasteiger charge is 2.16. The average Bonchev–Trinajstić information content (AvgIpc) is 3.12. The van der Waals surface area contributed by atoms with Crippen molar-refractivity contribution >= 4 is 16.3 Å². The molecule has 0 aliphatic heterocycles. The van der Waals surface area contributed by atoms with Gasteiger partial charge in [0.1, 0.15) is 17.3 Å². The Kier molecular flexibility index (Phi) is 2.58. The van der Waals surface area contributed by atoms with E-state index in [-0.39, 0.29) is 5.82 Å².